The Morgan fingerprint density at radius 3 is 2.71 bits per heavy atom. The maximum Gasteiger partial charge on any atom is 0.248 e. The van der Waals surface area contributed by atoms with Crippen LogP contribution in [0.3, 0.4) is 0 Å². The molecule has 2 aliphatic rings. The average Bonchev–Trinajstić information content (AvgIpc) is 3.19. The standard InChI is InChI=1S/C20H25N3O4S/c1-13-11-16-7-4-5-9-18(16)23(13)20(24)17-8-6-10-22(12-17)28(25,26)19-14(2)21-27-15(19)3/h4-5,7,9,13,17H,6,8,10-12H2,1-3H3/t13-,17+/m0/s1. The van der Waals surface area contributed by atoms with Gasteiger partial charge >= 0.3 is 0 Å². The van der Waals surface area contributed by atoms with Gasteiger partial charge in [-0.3, -0.25) is 4.79 Å². The van der Waals surface area contributed by atoms with E-state index >= 15 is 0 Å². The first-order valence-corrected chi connectivity index (χ1v) is 11.1. The Morgan fingerprint density at radius 2 is 2.00 bits per heavy atom. The largest absolute Gasteiger partial charge is 0.360 e. The van der Waals surface area contributed by atoms with Crippen LogP contribution in [0.5, 0.6) is 0 Å². The molecule has 4 rings (SSSR count). The van der Waals surface area contributed by atoms with Crippen LogP contribution in [-0.2, 0) is 21.2 Å². The van der Waals surface area contributed by atoms with Crippen molar-refractivity contribution in [3.8, 4) is 0 Å². The SMILES string of the molecule is Cc1noc(C)c1S(=O)(=O)N1CCC[C@@H](C(=O)N2c3ccccc3C[C@@H]2C)C1. The van der Waals surface area contributed by atoms with Gasteiger partial charge in [-0.25, -0.2) is 8.42 Å². The fourth-order valence-corrected chi connectivity index (χ4v) is 6.25. The molecule has 0 radical (unpaired) electrons. The van der Waals surface area contributed by atoms with E-state index in [0.717, 1.165) is 12.1 Å². The number of carbonyl (C=O) groups excluding carboxylic acids is 1. The van der Waals surface area contributed by atoms with Crippen molar-refractivity contribution in [3.63, 3.8) is 0 Å². The molecule has 0 unspecified atom stereocenters. The number of piperidine rings is 1. The molecule has 0 saturated carbocycles. The van der Waals surface area contributed by atoms with Crippen molar-refractivity contribution >= 4 is 21.6 Å². The number of hydrogen-bond acceptors (Lipinski definition) is 5. The lowest BCUT2D eigenvalue weighted by atomic mass is 9.97. The Kier molecular flexibility index (Phi) is 4.79. The summed E-state index contributed by atoms with van der Waals surface area (Å²) in [4.78, 5) is 15.3. The van der Waals surface area contributed by atoms with Crippen LogP contribution in [0.1, 0.15) is 36.8 Å². The molecule has 1 aromatic heterocycles. The Morgan fingerprint density at radius 1 is 1.25 bits per heavy atom. The summed E-state index contributed by atoms with van der Waals surface area (Å²) >= 11 is 0. The van der Waals surface area contributed by atoms with Gasteiger partial charge in [0.15, 0.2) is 5.76 Å². The number of carbonyl (C=O) groups is 1. The highest BCUT2D eigenvalue weighted by Gasteiger charge is 2.40. The van der Waals surface area contributed by atoms with E-state index in [9.17, 15) is 13.2 Å². The van der Waals surface area contributed by atoms with E-state index in [4.69, 9.17) is 4.52 Å². The highest BCUT2D eigenvalue weighted by atomic mass is 32.2. The third-order valence-electron chi connectivity index (χ3n) is 5.74. The zero-order valence-electron chi connectivity index (χ0n) is 16.4. The van der Waals surface area contributed by atoms with E-state index < -0.39 is 10.0 Å². The lowest BCUT2D eigenvalue weighted by Gasteiger charge is -2.34. The second kappa shape index (κ2) is 7.00. The number of fused-ring (bicyclic) bond motifs is 1. The van der Waals surface area contributed by atoms with Gasteiger partial charge in [-0.1, -0.05) is 23.4 Å². The van der Waals surface area contributed by atoms with Crippen molar-refractivity contribution in [1.82, 2.24) is 9.46 Å². The maximum atomic E-state index is 13.3. The van der Waals surface area contributed by atoms with Crippen LogP contribution < -0.4 is 4.90 Å². The van der Waals surface area contributed by atoms with E-state index in [0.29, 0.717) is 25.1 Å². The van der Waals surface area contributed by atoms with E-state index in [1.807, 2.05) is 36.1 Å². The second-order valence-electron chi connectivity index (χ2n) is 7.75. The molecule has 2 aromatic rings. The summed E-state index contributed by atoms with van der Waals surface area (Å²) in [5.41, 5.74) is 2.47. The molecule has 0 spiro atoms. The summed E-state index contributed by atoms with van der Waals surface area (Å²) in [6, 6.07) is 8.02. The first-order valence-electron chi connectivity index (χ1n) is 9.64. The molecular formula is C20H25N3O4S. The minimum atomic E-state index is -3.74. The summed E-state index contributed by atoms with van der Waals surface area (Å²) in [5.74, 6) is -0.0539. The lowest BCUT2D eigenvalue weighted by Crippen LogP contribution is -2.48. The molecule has 150 valence electrons. The van der Waals surface area contributed by atoms with Gasteiger partial charge in [0, 0.05) is 24.8 Å². The molecule has 0 N–H and O–H groups in total. The second-order valence-corrected chi connectivity index (χ2v) is 9.62. The fraction of sp³-hybridized carbons (Fsp3) is 0.500. The van der Waals surface area contributed by atoms with Crippen LogP contribution in [0.4, 0.5) is 5.69 Å². The molecule has 0 bridgehead atoms. The van der Waals surface area contributed by atoms with Gasteiger partial charge in [0.2, 0.25) is 15.9 Å². The monoisotopic (exact) mass is 403 g/mol. The number of anilines is 1. The van der Waals surface area contributed by atoms with Crippen LogP contribution in [0.15, 0.2) is 33.7 Å². The molecule has 2 atom stereocenters. The average molecular weight is 404 g/mol. The summed E-state index contributed by atoms with van der Waals surface area (Å²) in [7, 11) is -3.74. The molecule has 1 aromatic carbocycles. The summed E-state index contributed by atoms with van der Waals surface area (Å²) in [6.07, 6.45) is 2.18. The summed E-state index contributed by atoms with van der Waals surface area (Å²) in [6.45, 7) is 5.86. The number of aryl methyl sites for hydroxylation is 2. The van der Waals surface area contributed by atoms with E-state index in [1.54, 1.807) is 13.8 Å². The molecule has 1 fully saturated rings. The maximum absolute atomic E-state index is 13.3. The third-order valence-corrected chi connectivity index (χ3v) is 7.85. The van der Waals surface area contributed by atoms with E-state index in [-0.39, 0.29) is 35.1 Å². The van der Waals surface area contributed by atoms with Crippen LogP contribution in [0.2, 0.25) is 0 Å². The van der Waals surface area contributed by atoms with Gasteiger partial charge in [-0.05, 0) is 51.7 Å². The normalized spacial score (nSPS) is 23.0. The summed E-state index contributed by atoms with van der Waals surface area (Å²) < 4.78 is 32.8. The Bertz CT molecular complexity index is 995. The first kappa shape index (κ1) is 19.1. The summed E-state index contributed by atoms with van der Waals surface area (Å²) in [5, 5.41) is 3.77. The smallest absolute Gasteiger partial charge is 0.248 e. The van der Waals surface area contributed by atoms with Gasteiger partial charge in [-0.2, -0.15) is 4.31 Å². The van der Waals surface area contributed by atoms with Crippen molar-refractivity contribution in [2.75, 3.05) is 18.0 Å². The zero-order chi connectivity index (χ0) is 20.1. The Labute approximate surface area is 165 Å². The van der Waals surface area contributed by atoms with Gasteiger partial charge < -0.3 is 9.42 Å². The van der Waals surface area contributed by atoms with Crippen molar-refractivity contribution in [3.05, 3.63) is 41.3 Å². The number of hydrogen-bond donors (Lipinski definition) is 0. The third kappa shape index (κ3) is 3.04. The molecular weight excluding hydrogens is 378 g/mol. The van der Waals surface area contributed by atoms with Crippen LogP contribution in [0.25, 0.3) is 0 Å². The van der Waals surface area contributed by atoms with Crippen molar-refractivity contribution in [2.45, 2.75) is 51.0 Å². The van der Waals surface area contributed by atoms with Crippen molar-refractivity contribution in [2.24, 2.45) is 5.92 Å². The Hall–Kier alpha value is -2.19. The quantitative estimate of drug-likeness (QED) is 0.787. The lowest BCUT2D eigenvalue weighted by molar-refractivity contribution is -0.123. The molecule has 3 heterocycles. The molecule has 8 heteroatoms. The Balaban J connectivity index is 1.59. The van der Waals surface area contributed by atoms with Gasteiger partial charge in [0.25, 0.3) is 0 Å². The molecule has 1 amide bonds. The first-order chi connectivity index (χ1) is 13.3. The highest BCUT2D eigenvalue weighted by Crippen LogP contribution is 2.35. The van der Waals surface area contributed by atoms with Gasteiger partial charge in [0.1, 0.15) is 10.6 Å². The topological polar surface area (TPSA) is 83.7 Å². The fourth-order valence-electron chi connectivity index (χ4n) is 4.43. The van der Waals surface area contributed by atoms with Crippen LogP contribution in [-0.4, -0.2) is 42.9 Å². The number of aromatic nitrogens is 1. The molecule has 2 aliphatic heterocycles. The van der Waals surface area contributed by atoms with Crippen LogP contribution >= 0.6 is 0 Å². The number of nitrogens with zero attached hydrogens (tertiary/aromatic N) is 3. The van der Waals surface area contributed by atoms with Gasteiger partial charge in [0.05, 0.1) is 5.92 Å². The number of amides is 1. The molecule has 7 nitrogen and oxygen atoms in total. The van der Waals surface area contributed by atoms with Crippen molar-refractivity contribution in [1.29, 1.82) is 0 Å². The van der Waals surface area contributed by atoms with E-state index in [2.05, 4.69) is 5.16 Å². The van der Waals surface area contributed by atoms with Crippen LogP contribution in [0, 0.1) is 19.8 Å². The highest BCUT2D eigenvalue weighted by molar-refractivity contribution is 7.89. The minimum Gasteiger partial charge on any atom is -0.360 e. The number of rotatable bonds is 3. The molecule has 28 heavy (non-hydrogen) atoms. The van der Waals surface area contributed by atoms with Crippen molar-refractivity contribution < 1.29 is 17.7 Å². The van der Waals surface area contributed by atoms with Gasteiger partial charge in [-0.15, -0.1) is 0 Å². The minimum absolute atomic E-state index is 0.0103. The zero-order valence-corrected chi connectivity index (χ0v) is 17.2. The predicted molar refractivity (Wildman–Crippen MR) is 105 cm³/mol. The number of para-hydroxylation sites is 1. The molecule has 1 saturated heterocycles. The number of sulfonamides is 1. The van der Waals surface area contributed by atoms with E-state index in [1.165, 1.54) is 9.87 Å². The predicted octanol–water partition coefficient (Wildman–Crippen LogP) is 2.67. The number of benzene rings is 1. The molecule has 0 aliphatic carbocycles.